The zero-order valence-electron chi connectivity index (χ0n) is 15.1. The first kappa shape index (κ1) is 19.9. The molecule has 1 amide bonds. The van der Waals surface area contributed by atoms with Gasteiger partial charge in [-0.15, -0.1) is 0 Å². The fourth-order valence-corrected chi connectivity index (χ4v) is 4.24. The van der Waals surface area contributed by atoms with Gasteiger partial charge < -0.3 is 5.32 Å². The molecule has 0 atom stereocenters. The third-order valence-electron chi connectivity index (χ3n) is 4.21. The maximum Gasteiger partial charge on any atom is 0.263 e. The summed E-state index contributed by atoms with van der Waals surface area (Å²) in [6.45, 7) is 2.31. The Morgan fingerprint density at radius 3 is 2.36 bits per heavy atom. The van der Waals surface area contributed by atoms with Gasteiger partial charge in [0.05, 0.1) is 5.02 Å². The molecular weight excluding hydrogens is 396 g/mol. The Kier molecular flexibility index (Phi) is 6.02. The Bertz CT molecular complexity index is 1100. The SMILES string of the molecule is Cc1ccccc1CNC(=O)c1ccc(Cl)c(S(=O)(=O)Nc2ccccc2)c1. The topological polar surface area (TPSA) is 75.3 Å². The molecule has 5 nitrogen and oxygen atoms in total. The summed E-state index contributed by atoms with van der Waals surface area (Å²) in [6, 6.07) is 20.4. The van der Waals surface area contributed by atoms with E-state index in [2.05, 4.69) is 10.0 Å². The van der Waals surface area contributed by atoms with E-state index in [1.807, 2.05) is 31.2 Å². The monoisotopic (exact) mass is 414 g/mol. The quantitative estimate of drug-likeness (QED) is 0.628. The van der Waals surface area contributed by atoms with Crippen LogP contribution in [-0.4, -0.2) is 14.3 Å². The molecule has 0 aromatic heterocycles. The number of halogens is 1. The molecule has 0 unspecified atom stereocenters. The molecule has 7 heteroatoms. The molecule has 0 aliphatic carbocycles. The lowest BCUT2D eigenvalue weighted by molar-refractivity contribution is 0.0950. The van der Waals surface area contributed by atoms with Crippen molar-refractivity contribution in [1.82, 2.24) is 5.32 Å². The number of nitrogens with one attached hydrogen (secondary N) is 2. The van der Waals surface area contributed by atoms with Crippen molar-refractivity contribution in [1.29, 1.82) is 0 Å². The van der Waals surface area contributed by atoms with Crippen molar-refractivity contribution < 1.29 is 13.2 Å². The van der Waals surface area contributed by atoms with Crippen LogP contribution in [0.2, 0.25) is 5.02 Å². The molecule has 0 fully saturated rings. The predicted octanol–water partition coefficient (Wildman–Crippen LogP) is 4.38. The van der Waals surface area contributed by atoms with E-state index in [0.29, 0.717) is 12.2 Å². The number of benzene rings is 3. The number of carbonyl (C=O) groups excluding carboxylic acids is 1. The van der Waals surface area contributed by atoms with Crippen LogP contribution in [0.4, 0.5) is 5.69 Å². The minimum Gasteiger partial charge on any atom is -0.348 e. The van der Waals surface area contributed by atoms with Crippen molar-refractivity contribution in [2.45, 2.75) is 18.4 Å². The summed E-state index contributed by atoms with van der Waals surface area (Å²) in [6.07, 6.45) is 0. The van der Waals surface area contributed by atoms with Crippen LogP contribution in [0, 0.1) is 6.92 Å². The molecule has 3 rings (SSSR count). The summed E-state index contributed by atoms with van der Waals surface area (Å²) in [5.74, 6) is -0.379. The van der Waals surface area contributed by atoms with E-state index in [-0.39, 0.29) is 21.4 Å². The second kappa shape index (κ2) is 8.46. The van der Waals surface area contributed by atoms with Crippen LogP contribution in [0.5, 0.6) is 0 Å². The van der Waals surface area contributed by atoms with E-state index < -0.39 is 10.0 Å². The van der Waals surface area contributed by atoms with Crippen LogP contribution in [0.3, 0.4) is 0 Å². The lowest BCUT2D eigenvalue weighted by Gasteiger charge is -2.12. The van der Waals surface area contributed by atoms with E-state index in [9.17, 15) is 13.2 Å². The number of carbonyl (C=O) groups is 1. The summed E-state index contributed by atoms with van der Waals surface area (Å²) in [7, 11) is -3.94. The predicted molar refractivity (Wildman–Crippen MR) is 111 cm³/mol. The number of aryl methyl sites for hydroxylation is 1. The molecule has 3 aromatic carbocycles. The lowest BCUT2D eigenvalue weighted by atomic mass is 10.1. The van der Waals surface area contributed by atoms with Crippen LogP contribution in [0.15, 0.2) is 77.7 Å². The lowest BCUT2D eigenvalue weighted by Crippen LogP contribution is -2.24. The minimum absolute atomic E-state index is 0.0406. The Morgan fingerprint density at radius 2 is 1.64 bits per heavy atom. The molecule has 0 spiro atoms. The van der Waals surface area contributed by atoms with Crippen LogP contribution in [0.1, 0.15) is 21.5 Å². The van der Waals surface area contributed by atoms with Gasteiger partial charge in [-0.2, -0.15) is 0 Å². The highest BCUT2D eigenvalue weighted by Crippen LogP contribution is 2.25. The van der Waals surface area contributed by atoms with Crippen LogP contribution in [-0.2, 0) is 16.6 Å². The van der Waals surface area contributed by atoms with Gasteiger partial charge in [0, 0.05) is 17.8 Å². The van der Waals surface area contributed by atoms with Gasteiger partial charge in [-0.1, -0.05) is 54.1 Å². The second-order valence-electron chi connectivity index (χ2n) is 6.23. The molecule has 28 heavy (non-hydrogen) atoms. The zero-order valence-corrected chi connectivity index (χ0v) is 16.7. The molecule has 144 valence electrons. The maximum atomic E-state index is 12.7. The van der Waals surface area contributed by atoms with E-state index in [1.165, 1.54) is 18.2 Å². The molecule has 0 saturated heterocycles. The smallest absolute Gasteiger partial charge is 0.263 e. The molecular formula is C21H19ClN2O3S. The number of amides is 1. The fourth-order valence-electron chi connectivity index (χ4n) is 2.65. The Balaban J connectivity index is 1.80. The van der Waals surface area contributed by atoms with E-state index in [1.54, 1.807) is 30.3 Å². The number of anilines is 1. The van der Waals surface area contributed by atoms with Crippen LogP contribution >= 0.6 is 11.6 Å². The van der Waals surface area contributed by atoms with Gasteiger partial charge >= 0.3 is 0 Å². The van der Waals surface area contributed by atoms with Crippen molar-refractivity contribution in [2.24, 2.45) is 0 Å². The van der Waals surface area contributed by atoms with Crippen LogP contribution < -0.4 is 10.0 Å². The standard InChI is InChI=1S/C21H19ClN2O3S/c1-15-7-5-6-8-17(15)14-23-21(25)16-11-12-19(22)20(13-16)28(26,27)24-18-9-3-2-4-10-18/h2-13,24H,14H2,1H3,(H,23,25). The summed E-state index contributed by atoms with van der Waals surface area (Å²) < 4.78 is 27.9. The molecule has 0 radical (unpaired) electrons. The Hall–Kier alpha value is -2.83. The summed E-state index contributed by atoms with van der Waals surface area (Å²) in [4.78, 5) is 12.4. The molecule has 0 saturated carbocycles. The number of para-hydroxylation sites is 1. The summed E-state index contributed by atoms with van der Waals surface area (Å²) in [5, 5.41) is 2.85. The third-order valence-corrected chi connectivity index (χ3v) is 6.07. The molecule has 0 bridgehead atoms. The molecule has 3 aromatic rings. The summed E-state index contributed by atoms with van der Waals surface area (Å²) in [5.41, 5.74) is 2.68. The van der Waals surface area contributed by atoms with E-state index >= 15 is 0 Å². The Morgan fingerprint density at radius 1 is 0.964 bits per heavy atom. The fraction of sp³-hybridized carbons (Fsp3) is 0.0952. The third kappa shape index (κ3) is 4.71. The Labute approximate surface area is 169 Å². The number of rotatable bonds is 6. The number of hydrogen-bond donors (Lipinski definition) is 2. The number of hydrogen-bond acceptors (Lipinski definition) is 3. The first-order valence-corrected chi connectivity index (χ1v) is 10.4. The van der Waals surface area contributed by atoms with Gasteiger partial charge in [-0.05, 0) is 48.4 Å². The molecule has 0 heterocycles. The van der Waals surface area contributed by atoms with Gasteiger partial charge in [0.1, 0.15) is 4.90 Å². The largest absolute Gasteiger partial charge is 0.348 e. The van der Waals surface area contributed by atoms with Gasteiger partial charge in [0.15, 0.2) is 0 Å². The van der Waals surface area contributed by atoms with Crippen molar-refractivity contribution in [3.63, 3.8) is 0 Å². The van der Waals surface area contributed by atoms with Crippen LogP contribution in [0.25, 0.3) is 0 Å². The van der Waals surface area contributed by atoms with E-state index in [4.69, 9.17) is 11.6 Å². The zero-order chi connectivity index (χ0) is 20.1. The van der Waals surface area contributed by atoms with Gasteiger partial charge in [0.25, 0.3) is 15.9 Å². The van der Waals surface area contributed by atoms with Crippen molar-refractivity contribution in [2.75, 3.05) is 4.72 Å². The maximum absolute atomic E-state index is 12.7. The normalized spacial score (nSPS) is 11.1. The number of sulfonamides is 1. The average Bonchev–Trinajstić information content (AvgIpc) is 2.68. The molecule has 2 N–H and O–H groups in total. The van der Waals surface area contributed by atoms with Gasteiger partial charge in [-0.3, -0.25) is 9.52 Å². The second-order valence-corrected chi connectivity index (χ2v) is 8.28. The van der Waals surface area contributed by atoms with E-state index in [0.717, 1.165) is 11.1 Å². The van der Waals surface area contributed by atoms with Crippen molar-refractivity contribution in [3.05, 3.63) is 94.5 Å². The van der Waals surface area contributed by atoms with Gasteiger partial charge in [-0.25, -0.2) is 8.42 Å². The molecule has 0 aliphatic heterocycles. The van der Waals surface area contributed by atoms with Gasteiger partial charge in [0.2, 0.25) is 0 Å². The first-order chi connectivity index (χ1) is 13.4. The highest BCUT2D eigenvalue weighted by molar-refractivity contribution is 7.92. The highest BCUT2D eigenvalue weighted by Gasteiger charge is 2.20. The highest BCUT2D eigenvalue weighted by atomic mass is 35.5. The minimum atomic E-state index is -3.94. The summed E-state index contributed by atoms with van der Waals surface area (Å²) >= 11 is 6.09. The molecule has 0 aliphatic rings. The first-order valence-electron chi connectivity index (χ1n) is 8.57. The average molecular weight is 415 g/mol. The van der Waals surface area contributed by atoms with Crippen molar-refractivity contribution >= 4 is 33.2 Å². The van der Waals surface area contributed by atoms with Crippen molar-refractivity contribution in [3.8, 4) is 0 Å².